The smallest absolute Gasteiger partial charge is 0.304 e. The van der Waals surface area contributed by atoms with E-state index in [0.717, 1.165) is 48.9 Å². The summed E-state index contributed by atoms with van der Waals surface area (Å²) in [5.74, 6) is 0.0951. The fraction of sp³-hybridized carbons (Fsp3) is 0.533. The highest BCUT2D eigenvalue weighted by molar-refractivity contribution is 7.87. The molecule has 1 aliphatic carbocycles. The molecule has 0 unspecified atom stereocenters. The summed E-state index contributed by atoms with van der Waals surface area (Å²) in [5, 5.41) is 5.74. The van der Waals surface area contributed by atoms with Gasteiger partial charge >= 0.3 is 10.2 Å². The Balaban J connectivity index is 1.36. The Bertz CT molecular complexity index is 1580. The van der Waals surface area contributed by atoms with Gasteiger partial charge in [0.15, 0.2) is 5.65 Å². The number of carbonyl (C=O) groups is 2. The Labute approximate surface area is 251 Å². The molecule has 13 heteroatoms. The van der Waals surface area contributed by atoms with Crippen molar-refractivity contribution in [1.29, 1.82) is 0 Å². The van der Waals surface area contributed by atoms with E-state index in [4.69, 9.17) is 19.6 Å². The van der Waals surface area contributed by atoms with Crippen LogP contribution in [-0.4, -0.2) is 90.2 Å². The van der Waals surface area contributed by atoms with Crippen LogP contribution in [0.5, 0.6) is 5.75 Å². The van der Waals surface area contributed by atoms with Crippen LogP contribution in [0, 0.1) is 5.92 Å². The number of rotatable bonds is 8. The van der Waals surface area contributed by atoms with Gasteiger partial charge < -0.3 is 14.4 Å². The second-order valence-electron chi connectivity index (χ2n) is 11.5. The Kier molecular flexibility index (Phi) is 8.64. The van der Waals surface area contributed by atoms with Crippen molar-refractivity contribution in [3.63, 3.8) is 0 Å². The number of para-hydroxylation sites is 1. The molecule has 1 aromatic carbocycles. The molecule has 0 radical (unpaired) electrons. The van der Waals surface area contributed by atoms with Crippen LogP contribution in [0.15, 0.2) is 36.4 Å². The van der Waals surface area contributed by atoms with E-state index in [1.165, 1.54) is 11.2 Å². The Morgan fingerprint density at radius 1 is 1.02 bits per heavy atom. The number of nitrogens with one attached hydrogen (secondary N) is 1. The third kappa shape index (κ3) is 6.38. The van der Waals surface area contributed by atoms with Gasteiger partial charge in [0.25, 0.3) is 5.91 Å². The van der Waals surface area contributed by atoms with Crippen molar-refractivity contribution in [1.82, 2.24) is 28.7 Å². The van der Waals surface area contributed by atoms with Crippen molar-refractivity contribution in [3.05, 3.63) is 47.8 Å². The first-order valence-electron chi connectivity index (χ1n) is 15.1. The van der Waals surface area contributed by atoms with E-state index in [0.29, 0.717) is 50.1 Å². The number of ether oxygens (including phenoxy) is 2. The van der Waals surface area contributed by atoms with E-state index < -0.39 is 16.1 Å². The molecule has 0 atom stereocenters. The highest BCUT2D eigenvalue weighted by atomic mass is 32.2. The molecule has 0 spiro atoms. The first-order chi connectivity index (χ1) is 20.8. The van der Waals surface area contributed by atoms with E-state index in [2.05, 4.69) is 4.72 Å². The highest BCUT2D eigenvalue weighted by Gasteiger charge is 2.32. The van der Waals surface area contributed by atoms with Crippen LogP contribution >= 0.6 is 0 Å². The number of fused-ring (bicyclic) bond motifs is 1. The van der Waals surface area contributed by atoms with Crippen molar-refractivity contribution < 1.29 is 27.5 Å². The summed E-state index contributed by atoms with van der Waals surface area (Å²) >= 11 is 0. The first-order valence-corrected chi connectivity index (χ1v) is 16.5. The van der Waals surface area contributed by atoms with Crippen LogP contribution in [-0.2, 0) is 19.7 Å². The lowest BCUT2D eigenvalue weighted by Crippen LogP contribution is -2.45. The number of hydrogen-bond donors (Lipinski definition) is 1. The maximum atomic E-state index is 13.6. The number of pyridine rings is 1. The zero-order valence-electron chi connectivity index (χ0n) is 24.4. The summed E-state index contributed by atoms with van der Waals surface area (Å²) in [6, 6.07) is 11.1. The largest absolute Gasteiger partial charge is 0.492 e. The molecule has 2 amide bonds. The molecular weight excluding hydrogens is 572 g/mol. The minimum Gasteiger partial charge on any atom is -0.492 e. The molecular formula is C30H38N6O6S. The molecule has 3 aromatic rings. The van der Waals surface area contributed by atoms with Crippen molar-refractivity contribution >= 4 is 33.1 Å². The Hall–Kier alpha value is -3.55. The van der Waals surface area contributed by atoms with Crippen molar-refractivity contribution in [2.45, 2.75) is 51.4 Å². The zero-order valence-corrected chi connectivity index (χ0v) is 25.2. The van der Waals surface area contributed by atoms with Crippen LogP contribution < -0.4 is 9.46 Å². The number of aromatic nitrogens is 3. The molecule has 12 nitrogen and oxygen atoms in total. The number of benzene rings is 1. The summed E-state index contributed by atoms with van der Waals surface area (Å²) in [4.78, 5) is 31.7. The minimum absolute atomic E-state index is 0.0736. The van der Waals surface area contributed by atoms with Gasteiger partial charge in [0.2, 0.25) is 5.91 Å². The lowest BCUT2D eigenvalue weighted by molar-refractivity contribution is -0.128. The molecule has 2 aromatic heterocycles. The SMILES string of the molecule is CC(=O)N1CCCN(S(=O)(=O)NC(=O)c2cc(OCC3CCOCC3)c3c(C4CCC4)nn(-c4ccccc4)c3n2)CC1. The van der Waals surface area contributed by atoms with E-state index in [1.54, 1.807) is 15.6 Å². The van der Waals surface area contributed by atoms with E-state index in [-0.39, 0.29) is 37.2 Å². The normalized spacial score (nSPS) is 19.1. The van der Waals surface area contributed by atoms with Gasteiger partial charge in [-0.15, -0.1) is 0 Å². The standard InChI is InChI=1S/C30H38N6O6S/c1-21(37)34-13-6-14-35(16-15-34)43(39,40)33-30(38)25-19-26(42-20-22-11-17-41-18-12-22)27-28(23-7-5-8-23)32-36(29(27)31-25)24-9-3-2-4-10-24/h2-4,9-10,19,22-23H,5-8,11-18,20H2,1H3,(H,33,38). The predicted molar refractivity (Wildman–Crippen MR) is 159 cm³/mol. The highest BCUT2D eigenvalue weighted by Crippen LogP contribution is 2.42. The zero-order chi connectivity index (χ0) is 30.0. The second-order valence-corrected chi connectivity index (χ2v) is 13.2. The lowest BCUT2D eigenvalue weighted by atomic mass is 9.82. The third-order valence-electron chi connectivity index (χ3n) is 8.63. The van der Waals surface area contributed by atoms with Crippen molar-refractivity contribution in [2.75, 3.05) is 46.0 Å². The third-order valence-corrected chi connectivity index (χ3v) is 10.1. The molecule has 43 heavy (non-hydrogen) atoms. The molecule has 2 aliphatic heterocycles. The van der Waals surface area contributed by atoms with Crippen LogP contribution in [0.25, 0.3) is 16.7 Å². The number of hydrogen-bond acceptors (Lipinski definition) is 8. The van der Waals surface area contributed by atoms with E-state index >= 15 is 0 Å². The van der Waals surface area contributed by atoms with Gasteiger partial charge in [-0.25, -0.2) is 14.4 Å². The van der Waals surface area contributed by atoms with Gasteiger partial charge in [0.05, 0.1) is 23.4 Å². The number of amides is 2. The van der Waals surface area contributed by atoms with Crippen LogP contribution in [0.2, 0.25) is 0 Å². The van der Waals surface area contributed by atoms with Crippen molar-refractivity contribution in [3.8, 4) is 11.4 Å². The first kappa shape index (κ1) is 29.5. The molecule has 1 N–H and O–H groups in total. The fourth-order valence-corrected chi connectivity index (χ4v) is 7.02. The molecule has 0 bridgehead atoms. The van der Waals surface area contributed by atoms with E-state index in [9.17, 15) is 18.0 Å². The lowest BCUT2D eigenvalue weighted by Gasteiger charge is -2.25. The van der Waals surface area contributed by atoms with Crippen LogP contribution in [0.4, 0.5) is 0 Å². The molecule has 2 saturated heterocycles. The predicted octanol–water partition coefficient (Wildman–Crippen LogP) is 3.02. The number of carbonyl (C=O) groups excluding carboxylic acids is 2. The quantitative estimate of drug-likeness (QED) is 0.411. The van der Waals surface area contributed by atoms with Crippen molar-refractivity contribution in [2.24, 2.45) is 5.92 Å². The van der Waals surface area contributed by atoms with Gasteiger partial charge in [-0.1, -0.05) is 24.6 Å². The van der Waals surface area contributed by atoms with Gasteiger partial charge in [0.1, 0.15) is 11.4 Å². The maximum Gasteiger partial charge on any atom is 0.304 e. The van der Waals surface area contributed by atoms with E-state index in [1.807, 2.05) is 30.3 Å². The average molecular weight is 611 g/mol. The summed E-state index contributed by atoms with van der Waals surface area (Å²) in [6.45, 7) is 4.31. The van der Waals surface area contributed by atoms with Crippen LogP contribution in [0.3, 0.4) is 0 Å². The van der Waals surface area contributed by atoms with Gasteiger partial charge in [-0.2, -0.15) is 17.8 Å². The molecule has 6 rings (SSSR count). The monoisotopic (exact) mass is 610 g/mol. The van der Waals surface area contributed by atoms with Gasteiger partial charge in [-0.3, -0.25) is 9.59 Å². The number of nitrogens with zero attached hydrogens (tertiary/aromatic N) is 5. The second kappa shape index (κ2) is 12.6. The summed E-state index contributed by atoms with van der Waals surface area (Å²) in [7, 11) is -4.19. The topological polar surface area (TPSA) is 136 Å². The molecule has 230 valence electrons. The summed E-state index contributed by atoms with van der Waals surface area (Å²) in [5.41, 5.74) is 2.05. The Morgan fingerprint density at radius 3 is 2.49 bits per heavy atom. The average Bonchev–Trinajstić information content (AvgIpc) is 3.16. The van der Waals surface area contributed by atoms with Gasteiger partial charge in [-0.05, 0) is 50.2 Å². The molecule has 3 fully saturated rings. The van der Waals surface area contributed by atoms with Crippen LogP contribution in [0.1, 0.15) is 67.5 Å². The fourth-order valence-electron chi connectivity index (χ4n) is 5.86. The maximum absolute atomic E-state index is 13.6. The molecule has 1 saturated carbocycles. The van der Waals surface area contributed by atoms with Gasteiger partial charge in [0, 0.05) is 58.3 Å². The molecule has 3 aliphatic rings. The summed E-state index contributed by atoms with van der Waals surface area (Å²) < 4.78 is 43.7. The minimum atomic E-state index is -4.19. The Morgan fingerprint density at radius 2 is 1.79 bits per heavy atom. The molecule has 4 heterocycles. The summed E-state index contributed by atoms with van der Waals surface area (Å²) in [6.07, 6.45) is 5.39.